The van der Waals surface area contributed by atoms with Gasteiger partial charge in [0.25, 0.3) is 0 Å². The van der Waals surface area contributed by atoms with Crippen molar-refractivity contribution in [3.63, 3.8) is 0 Å². The van der Waals surface area contributed by atoms with Crippen molar-refractivity contribution in [1.29, 1.82) is 0 Å². The van der Waals surface area contributed by atoms with E-state index in [1.165, 1.54) is 60.9 Å². The Morgan fingerprint density at radius 2 is 1.08 bits per heavy atom. The van der Waals surface area contributed by atoms with Crippen LogP contribution in [0.5, 0.6) is 0 Å². The number of furan rings is 1. The van der Waals surface area contributed by atoms with Crippen LogP contribution in [-0.2, 0) is 5.41 Å². The zero-order chi connectivity index (χ0) is 40.8. The monoisotopic (exact) mass is 791 g/mol. The fourth-order valence-corrected chi connectivity index (χ4v) is 11.2. The standard InChI is InChI=1S/C60H41NO/c1-3-16-41(17-4-1)46-22-13-23-51-52-24-14-28-57(59(52)62-58(46)51)61(45-35-31-39-15-7-8-18-42(39)37-45)44-33-29-40(30-34-44)43-32-36-50-49-21-10-12-27-55(49)60(56(50)38-43)53-25-6-2-5-19-47(53)48-20-9-11-26-54(48)60/h1-4,6-18,20-24,26-38H,5,19,25H2. The van der Waals surface area contributed by atoms with E-state index in [0.717, 1.165) is 69.4 Å². The SMILES string of the molecule is C1=CCC2=C(CC1)c1ccccc1C21c2ccccc2-c2ccc(-c3ccc(N(c4ccc5ccccc5c4)c4cccc5c4oc4c(-c6ccccc6)cccc45)cc3)cc21. The highest BCUT2D eigenvalue weighted by atomic mass is 16.3. The second kappa shape index (κ2) is 13.7. The molecule has 1 spiro atoms. The number of rotatable bonds is 5. The van der Waals surface area contributed by atoms with Gasteiger partial charge in [0.1, 0.15) is 5.58 Å². The van der Waals surface area contributed by atoms with Crippen LogP contribution in [-0.4, -0.2) is 0 Å². The number of hydrogen-bond donors (Lipinski definition) is 0. The van der Waals surface area contributed by atoms with E-state index >= 15 is 0 Å². The van der Waals surface area contributed by atoms with Crippen molar-refractivity contribution < 1.29 is 4.42 Å². The molecule has 62 heavy (non-hydrogen) atoms. The fraction of sp³-hybridized carbons (Fsp3) is 0.0667. The second-order valence-corrected chi connectivity index (χ2v) is 17.0. The summed E-state index contributed by atoms with van der Waals surface area (Å²) < 4.78 is 7.01. The minimum Gasteiger partial charge on any atom is -0.453 e. The van der Waals surface area contributed by atoms with E-state index in [1.807, 2.05) is 0 Å². The Kier molecular flexibility index (Phi) is 7.74. The van der Waals surface area contributed by atoms with Crippen LogP contribution in [0.4, 0.5) is 17.1 Å². The van der Waals surface area contributed by atoms with Crippen LogP contribution in [0.2, 0.25) is 0 Å². The molecular formula is C60H41NO. The lowest BCUT2D eigenvalue weighted by atomic mass is 9.68. The van der Waals surface area contributed by atoms with Crippen LogP contribution in [0.25, 0.3) is 71.7 Å². The number of hydrogen-bond acceptors (Lipinski definition) is 2. The fourth-order valence-electron chi connectivity index (χ4n) is 11.2. The molecule has 1 heterocycles. The smallest absolute Gasteiger partial charge is 0.159 e. The first kappa shape index (κ1) is 35.1. The van der Waals surface area contributed by atoms with Gasteiger partial charge in [-0.05, 0) is 128 Å². The Balaban J connectivity index is 0.971. The molecule has 0 radical (unpaired) electrons. The van der Waals surface area contributed by atoms with Crippen molar-refractivity contribution in [3.8, 4) is 33.4 Å². The zero-order valence-electron chi connectivity index (χ0n) is 34.2. The predicted octanol–water partition coefficient (Wildman–Crippen LogP) is 16.4. The van der Waals surface area contributed by atoms with Crippen molar-refractivity contribution in [3.05, 3.63) is 240 Å². The molecular weight excluding hydrogens is 751 g/mol. The maximum atomic E-state index is 7.01. The van der Waals surface area contributed by atoms with Crippen LogP contribution >= 0.6 is 0 Å². The number of para-hydroxylation sites is 2. The summed E-state index contributed by atoms with van der Waals surface area (Å²) in [6.45, 7) is 0. The van der Waals surface area contributed by atoms with Gasteiger partial charge in [0, 0.05) is 27.7 Å². The van der Waals surface area contributed by atoms with Gasteiger partial charge in [0.05, 0.1) is 11.1 Å². The third-order valence-corrected chi connectivity index (χ3v) is 13.8. The second-order valence-electron chi connectivity index (χ2n) is 17.0. The van der Waals surface area contributed by atoms with Crippen LogP contribution in [0.3, 0.4) is 0 Å². The molecule has 13 rings (SSSR count). The zero-order valence-corrected chi connectivity index (χ0v) is 34.2. The normalized spacial score (nSPS) is 16.1. The lowest BCUT2D eigenvalue weighted by Crippen LogP contribution is -2.27. The molecule has 9 aromatic carbocycles. The molecule has 10 aromatic rings. The maximum Gasteiger partial charge on any atom is 0.159 e. The summed E-state index contributed by atoms with van der Waals surface area (Å²) in [7, 11) is 0. The number of fused-ring (bicyclic) bond motifs is 13. The Hall–Kier alpha value is -7.68. The minimum absolute atomic E-state index is 0.305. The van der Waals surface area contributed by atoms with Gasteiger partial charge in [-0.3, -0.25) is 0 Å². The van der Waals surface area contributed by atoms with Crippen molar-refractivity contribution in [2.75, 3.05) is 4.90 Å². The van der Waals surface area contributed by atoms with Crippen LogP contribution < -0.4 is 4.90 Å². The van der Waals surface area contributed by atoms with E-state index in [2.05, 4.69) is 217 Å². The largest absolute Gasteiger partial charge is 0.453 e. The summed E-state index contributed by atoms with van der Waals surface area (Å²) in [6.07, 6.45) is 7.92. The molecule has 1 unspecified atom stereocenters. The highest BCUT2D eigenvalue weighted by Gasteiger charge is 2.52. The molecule has 2 heteroatoms. The maximum absolute atomic E-state index is 7.01. The molecule has 1 aromatic heterocycles. The van der Waals surface area contributed by atoms with Gasteiger partial charge in [-0.25, -0.2) is 0 Å². The summed E-state index contributed by atoms with van der Waals surface area (Å²) in [6, 6.07) is 73.6. The van der Waals surface area contributed by atoms with Gasteiger partial charge >= 0.3 is 0 Å². The molecule has 0 aliphatic heterocycles. The van der Waals surface area contributed by atoms with Gasteiger partial charge in [-0.1, -0.05) is 176 Å². The van der Waals surface area contributed by atoms with Gasteiger partial charge in [0.15, 0.2) is 5.58 Å². The first-order chi connectivity index (χ1) is 30.8. The van der Waals surface area contributed by atoms with E-state index in [-0.39, 0.29) is 5.41 Å². The summed E-state index contributed by atoms with van der Waals surface area (Å²) in [5.74, 6) is 0. The Morgan fingerprint density at radius 3 is 1.94 bits per heavy atom. The highest BCUT2D eigenvalue weighted by Crippen LogP contribution is 2.64. The Morgan fingerprint density at radius 1 is 0.419 bits per heavy atom. The third-order valence-electron chi connectivity index (χ3n) is 13.8. The van der Waals surface area contributed by atoms with Gasteiger partial charge < -0.3 is 9.32 Å². The predicted molar refractivity (Wildman–Crippen MR) is 258 cm³/mol. The summed E-state index contributed by atoms with van der Waals surface area (Å²) >= 11 is 0. The molecule has 0 N–H and O–H groups in total. The third kappa shape index (κ3) is 5.04. The van der Waals surface area contributed by atoms with E-state index in [0.29, 0.717) is 0 Å². The molecule has 1 atom stereocenters. The van der Waals surface area contributed by atoms with E-state index in [9.17, 15) is 0 Å². The van der Waals surface area contributed by atoms with Gasteiger partial charge in [0.2, 0.25) is 0 Å². The molecule has 292 valence electrons. The number of anilines is 3. The molecule has 2 nitrogen and oxygen atoms in total. The van der Waals surface area contributed by atoms with Crippen molar-refractivity contribution in [2.24, 2.45) is 0 Å². The average molecular weight is 792 g/mol. The summed E-state index contributed by atoms with van der Waals surface area (Å²) in [5.41, 5.74) is 20.7. The van der Waals surface area contributed by atoms with E-state index in [1.54, 1.807) is 5.57 Å². The van der Waals surface area contributed by atoms with E-state index < -0.39 is 0 Å². The topological polar surface area (TPSA) is 16.4 Å². The first-order valence-electron chi connectivity index (χ1n) is 21.9. The number of benzene rings is 9. The average Bonchev–Trinajstić information content (AvgIpc) is 3.87. The van der Waals surface area contributed by atoms with Crippen molar-refractivity contribution in [1.82, 2.24) is 0 Å². The Labute approximate surface area is 361 Å². The molecule has 0 bridgehead atoms. The molecule has 3 aliphatic carbocycles. The van der Waals surface area contributed by atoms with Crippen molar-refractivity contribution >= 4 is 55.3 Å². The molecule has 0 fully saturated rings. The summed E-state index contributed by atoms with van der Waals surface area (Å²) in [5, 5.41) is 4.62. The molecule has 0 saturated heterocycles. The summed E-state index contributed by atoms with van der Waals surface area (Å²) in [4.78, 5) is 2.36. The number of allylic oxidation sites excluding steroid dienone is 4. The quantitative estimate of drug-likeness (QED) is 0.161. The van der Waals surface area contributed by atoms with Crippen LogP contribution in [0, 0.1) is 0 Å². The molecule has 0 amide bonds. The molecule has 0 saturated carbocycles. The van der Waals surface area contributed by atoms with E-state index in [4.69, 9.17) is 4.42 Å². The highest BCUT2D eigenvalue weighted by molar-refractivity contribution is 6.13. The minimum atomic E-state index is -0.305. The van der Waals surface area contributed by atoms with Crippen LogP contribution in [0.15, 0.2) is 222 Å². The lowest BCUT2D eigenvalue weighted by molar-refractivity contribution is 0.670. The lowest BCUT2D eigenvalue weighted by Gasteiger charge is -2.33. The van der Waals surface area contributed by atoms with Gasteiger partial charge in [-0.2, -0.15) is 0 Å². The molecule has 3 aliphatic rings. The Bertz CT molecular complexity index is 3500. The number of nitrogens with zero attached hydrogens (tertiary/aromatic N) is 1. The van der Waals surface area contributed by atoms with Crippen LogP contribution in [0.1, 0.15) is 41.5 Å². The first-order valence-corrected chi connectivity index (χ1v) is 21.9. The van der Waals surface area contributed by atoms with Gasteiger partial charge in [-0.15, -0.1) is 0 Å². The van der Waals surface area contributed by atoms with Crippen molar-refractivity contribution in [2.45, 2.75) is 24.7 Å².